The molecule has 5 heteroatoms. The molecule has 5 nitrogen and oxygen atoms in total. The van der Waals surface area contributed by atoms with E-state index in [0.29, 0.717) is 31.0 Å². The molecule has 1 aliphatic heterocycles. The second-order valence-electron chi connectivity index (χ2n) is 9.68. The highest BCUT2D eigenvalue weighted by atomic mass is 16.5. The van der Waals surface area contributed by atoms with Crippen LogP contribution in [0.2, 0.25) is 0 Å². The zero-order chi connectivity index (χ0) is 26.3. The first-order valence-electron chi connectivity index (χ1n) is 13.1. The monoisotopic (exact) mass is 506 g/mol. The Morgan fingerprint density at radius 3 is 1.97 bits per heavy atom. The zero-order valence-electron chi connectivity index (χ0n) is 22.0. The molecular weight excluding hydrogens is 472 g/mol. The summed E-state index contributed by atoms with van der Waals surface area (Å²) in [6, 6.07) is 34.9. The molecule has 1 heterocycles. The standard InChI is InChI=1S/C33H34N2O3/c1-25-13-16-30(17-14-25)38-24-29-23-28(15-18-31(29)37-2)33(36)35-21-19-34(20-22-35)32(26-9-5-3-6-10-26)27-11-7-4-8-12-27/h3-18,23,32H,19-22,24H2,1-2H3. The van der Waals surface area contributed by atoms with Crippen LogP contribution in [0.3, 0.4) is 0 Å². The highest BCUT2D eigenvalue weighted by Crippen LogP contribution is 2.30. The maximum atomic E-state index is 13.5. The van der Waals surface area contributed by atoms with Crippen molar-refractivity contribution in [2.75, 3.05) is 33.3 Å². The van der Waals surface area contributed by atoms with Crippen molar-refractivity contribution in [3.63, 3.8) is 0 Å². The number of aryl methyl sites for hydroxylation is 1. The van der Waals surface area contributed by atoms with Crippen LogP contribution < -0.4 is 9.47 Å². The van der Waals surface area contributed by atoms with Crippen LogP contribution in [0.5, 0.6) is 11.5 Å². The third-order valence-electron chi connectivity index (χ3n) is 7.14. The minimum Gasteiger partial charge on any atom is -0.496 e. The van der Waals surface area contributed by atoms with Crippen molar-refractivity contribution in [1.29, 1.82) is 0 Å². The second-order valence-corrected chi connectivity index (χ2v) is 9.68. The Bertz CT molecular complexity index is 1290. The van der Waals surface area contributed by atoms with Gasteiger partial charge in [-0.05, 0) is 48.4 Å². The van der Waals surface area contributed by atoms with Crippen LogP contribution in [-0.2, 0) is 6.61 Å². The van der Waals surface area contributed by atoms with E-state index in [-0.39, 0.29) is 11.9 Å². The minimum absolute atomic E-state index is 0.0415. The number of piperazine rings is 1. The molecule has 4 aromatic carbocycles. The van der Waals surface area contributed by atoms with E-state index in [9.17, 15) is 4.79 Å². The molecule has 1 amide bonds. The van der Waals surface area contributed by atoms with Gasteiger partial charge in [0.1, 0.15) is 18.1 Å². The molecule has 4 aromatic rings. The normalized spacial score (nSPS) is 13.9. The van der Waals surface area contributed by atoms with Gasteiger partial charge in [-0.3, -0.25) is 9.69 Å². The molecule has 38 heavy (non-hydrogen) atoms. The van der Waals surface area contributed by atoms with Crippen molar-refractivity contribution in [2.45, 2.75) is 19.6 Å². The fraction of sp³-hybridized carbons (Fsp3) is 0.242. The lowest BCUT2D eigenvalue weighted by molar-refractivity contribution is 0.0597. The number of amides is 1. The van der Waals surface area contributed by atoms with E-state index >= 15 is 0 Å². The number of benzene rings is 4. The third kappa shape index (κ3) is 5.90. The average molecular weight is 507 g/mol. The number of nitrogens with zero attached hydrogens (tertiary/aromatic N) is 2. The van der Waals surface area contributed by atoms with Crippen molar-refractivity contribution < 1.29 is 14.3 Å². The average Bonchev–Trinajstić information content (AvgIpc) is 2.98. The molecule has 1 saturated heterocycles. The van der Waals surface area contributed by atoms with Crippen LogP contribution in [0.25, 0.3) is 0 Å². The largest absolute Gasteiger partial charge is 0.496 e. The Labute approximate surface area is 225 Å². The van der Waals surface area contributed by atoms with E-state index in [1.54, 1.807) is 7.11 Å². The summed E-state index contributed by atoms with van der Waals surface area (Å²) in [5.74, 6) is 1.55. The van der Waals surface area contributed by atoms with Crippen molar-refractivity contribution in [3.05, 3.63) is 131 Å². The van der Waals surface area contributed by atoms with E-state index in [1.807, 2.05) is 54.3 Å². The maximum absolute atomic E-state index is 13.5. The molecule has 0 spiro atoms. The van der Waals surface area contributed by atoms with Crippen molar-refractivity contribution >= 4 is 5.91 Å². The number of carbonyl (C=O) groups excluding carboxylic acids is 1. The molecule has 194 valence electrons. The smallest absolute Gasteiger partial charge is 0.253 e. The predicted molar refractivity (Wildman–Crippen MR) is 151 cm³/mol. The summed E-state index contributed by atoms with van der Waals surface area (Å²) in [6.45, 7) is 5.34. The molecule has 0 bridgehead atoms. The first-order chi connectivity index (χ1) is 18.6. The predicted octanol–water partition coefficient (Wildman–Crippen LogP) is 6.13. The Kier molecular flexibility index (Phi) is 8.05. The van der Waals surface area contributed by atoms with Gasteiger partial charge < -0.3 is 14.4 Å². The highest BCUT2D eigenvalue weighted by Gasteiger charge is 2.28. The Morgan fingerprint density at radius 1 is 0.789 bits per heavy atom. The Hall–Kier alpha value is -4.09. The summed E-state index contributed by atoms with van der Waals surface area (Å²) in [5, 5.41) is 0. The summed E-state index contributed by atoms with van der Waals surface area (Å²) < 4.78 is 11.5. The second kappa shape index (κ2) is 12.0. The van der Waals surface area contributed by atoms with Crippen molar-refractivity contribution in [1.82, 2.24) is 9.80 Å². The molecule has 5 rings (SSSR count). The van der Waals surface area contributed by atoms with Crippen LogP contribution in [-0.4, -0.2) is 49.0 Å². The van der Waals surface area contributed by atoms with Gasteiger partial charge in [0.25, 0.3) is 5.91 Å². The lowest BCUT2D eigenvalue weighted by Crippen LogP contribution is -2.49. The fourth-order valence-corrected chi connectivity index (χ4v) is 5.07. The van der Waals surface area contributed by atoms with Crippen molar-refractivity contribution in [3.8, 4) is 11.5 Å². The van der Waals surface area contributed by atoms with E-state index in [4.69, 9.17) is 9.47 Å². The molecule has 1 aliphatic rings. The van der Waals surface area contributed by atoms with Crippen LogP contribution in [0.15, 0.2) is 103 Å². The highest BCUT2D eigenvalue weighted by molar-refractivity contribution is 5.94. The van der Waals surface area contributed by atoms with Gasteiger partial charge in [-0.15, -0.1) is 0 Å². The van der Waals surface area contributed by atoms with E-state index < -0.39 is 0 Å². The fourth-order valence-electron chi connectivity index (χ4n) is 5.07. The molecule has 1 fully saturated rings. The lowest BCUT2D eigenvalue weighted by atomic mass is 9.96. The molecular formula is C33H34N2O3. The number of hydrogen-bond acceptors (Lipinski definition) is 4. The van der Waals surface area contributed by atoms with Gasteiger partial charge in [0.15, 0.2) is 0 Å². The van der Waals surface area contributed by atoms with Crippen LogP contribution >= 0.6 is 0 Å². The maximum Gasteiger partial charge on any atom is 0.253 e. The zero-order valence-corrected chi connectivity index (χ0v) is 22.0. The number of rotatable bonds is 8. The van der Waals surface area contributed by atoms with Crippen molar-refractivity contribution in [2.24, 2.45) is 0 Å². The quantitative estimate of drug-likeness (QED) is 0.288. The van der Waals surface area contributed by atoms with E-state index in [1.165, 1.54) is 16.7 Å². The summed E-state index contributed by atoms with van der Waals surface area (Å²) >= 11 is 0. The van der Waals surface area contributed by atoms with E-state index in [2.05, 4.69) is 65.6 Å². The van der Waals surface area contributed by atoms with Gasteiger partial charge in [-0.1, -0.05) is 78.4 Å². The molecule has 0 unspecified atom stereocenters. The van der Waals surface area contributed by atoms with Crippen LogP contribution in [0, 0.1) is 6.92 Å². The SMILES string of the molecule is COc1ccc(C(=O)N2CCN(C(c3ccccc3)c3ccccc3)CC2)cc1COc1ccc(C)cc1. The molecule has 0 N–H and O–H groups in total. The number of ether oxygens (including phenoxy) is 2. The van der Waals surface area contributed by atoms with Gasteiger partial charge in [0, 0.05) is 37.3 Å². The molecule has 0 aromatic heterocycles. The van der Waals surface area contributed by atoms with Gasteiger partial charge >= 0.3 is 0 Å². The minimum atomic E-state index is 0.0415. The Balaban J connectivity index is 1.28. The summed E-state index contributed by atoms with van der Waals surface area (Å²) in [5.41, 5.74) is 5.23. The number of hydrogen-bond donors (Lipinski definition) is 0. The van der Waals surface area contributed by atoms with E-state index in [0.717, 1.165) is 24.4 Å². The van der Waals surface area contributed by atoms with Crippen LogP contribution in [0.1, 0.15) is 38.7 Å². The molecule has 0 atom stereocenters. The summed E-state index contributed by atoms with van der Waals surface area (Å²) in [7, 11) is 1.64. The molecule has 0 radical (unpaired) electrons. The third-order valence-corrected chi connectivity index (χ3v) is 7.14. The molecule has 0 aliphatic carbocycles. The van der Waals surface area contributed by atoms with Gasteiger partial charge in [0.2, 0.25) is 0 Å². The summed E-state index contributed by atoms with van der Waals surface area (Å²) in [6.07, 6.45) is 0. The van der Waals surface area contributed by atoms with Gasteiger partial charge in [-0.2, -0.15) is 0 Å². The number of carbonyl (C=O) groups is 1. The first kappa shape index (κ1) is 25.6. The topological polar surface area (TPSA) is 42.0 Å². The number of methoxy groups -OCH3 is 1. The lowest BCUT2D eigenvalue weighted by Gasteiger charge is -2.40. The van der Waals surface area contributed by atoms with Crippen LogP contribution in [0.4, 0.5) is 0 Å². The first-order valence-corrected chi connectivity index (χ1v) is 13.1. The summed E-state index contributed by atoms with van der Waals surface area (Å²) in [4.78, 5) is 17.9. The molecule has 0 saturated carbocycles. The van der Waals surface area contributed by atoms with Gasteiger partial charge in [0.05, 0.1) is 13.2 Å². The van der Waals surface area contributed by atoms with Gasteiger partial charge in [-0.25, -0.2) is 0 Å². The Morgan fingerprint density at radius 2 is 1.39 bits per heavy atom.